The van der Waals surface area contributed by atoms with E-state index in [2.05, 4.69) is 46.4 Å². The number of hydrogen-bond acceptors (Lipinski definition) is 5. The predicted molar refractivity (Wildman–Crippen MR) is 88.1 cm³/mol. The van der Waals surface area contributed by atoms with Crippen LogP contribution in [0.5, 0.6) is 0 Å². The molecule has 0 aromatic heterocycles. The highest BCUT2D eigenvalue weighted by molar-refractivity contribution is 7.98. The summed E-state index contributed by atoms with van der Waals surface area (Å²) in [6.45, 7) is 14.1. The first kappa shape index (κ1) is 19.7. The number of carbonyl (C=O) groups is 1. The second-order valence-corrected chi connectivity index (χ2v) is 8.03. The van der Waals surface area contributed by atoms with Crippen molar-refractivity contribution in [2.75, 3.05) is 25.2 Å². The summed E-state index contributed by atoms with van der Waals surface area (Å²) in [5.41, 5.74) is 5.86. The first-order chi connectivity index (χ1) is 9.00. The molecular formula is C15H32N2O2S. The Morgan fingerprint density at radius 1 is 1.20 bits per heavy atom. The number of carbonyl (C=O) groups excluding carboxylic acids is 1. The summed E-state index contributed by atoms with van der Waals surface area (Å²) >= 11 is 1.69. The fraction of sp³-hybridized carbons (Fsp3) is 0.933. The molecule has 5 heteroatoms. The van der Waals surface area contributed by atoms with Gasteiger partial charge in [0.25, 0.3) is 0 Å². The summed E-state index contributed by atoms with van der Waals surface area (Å²) in [6, 6.07) is -0.500. The second kappa shape index (κ2) is 8.25. The zero-order valence-electron chi connectivity index (χ0n) is 14.2. The lowest BCUT2D eigenvalue weighted by Crippen LogP contribution is -2.54. The maximum absolute atomic E-state index is 11.8. The molecule has 1 unspecified atom stereocenters. The molecule has 20 heavy (non-hydrogen) atoms. The largest absolute Gasteiger partial charge is 0.463 e. The fourth-order valence-electron chi connectivity index (χ4n) is 2.38. The molecule has 0 radical (unpaired) electrons. The molecule has 0 heterocycles. The van der Waals surface area contributed by atoms with Gasteiger partial charge in [-0.25, -0.2) is 0 Å². The van der Waals surface area contributed by atoms with Gasteiger partial charge in [0.05, 0.1) is 0 Å². The number of rotatable bonds is 7. The minimum atomic E-state index is -0.500. The maximum atomic E-state index is 11.8. The van der Waals surface area contributed by atoms with Gasteiger partial charge in [0.1, 0.15) is 12.6 Å². The molecule has 0 aliphatic heterocycles. The Balaban J connectivity index is 4.29. The van der Waals surface area contributed by atoms with Crippen LogP contribution in [0.3, 0.4) is 0 Å². The molecular weight excluding hydrogens is 272 g/mol. The van der Waals surface area contributed by atoms with E-state index in [0.717, 1.165) is 5.75 Å². The molecule has 0 aliphatic carbocycles. The summed E-state index contributed by atoms with van der Waals surface area (Å²) in [5.74, 6) is 0.591. The van der Waals surface area contributed by atoms with E-state index in [1.807, 2.05) is 6.26 Å². The first-order valence-corrected chi connectivity index (χ1v) is 8.58. The number of thioether (sulfide) groups is 1. The molecule has 0 bridgehead atoms. The van der Waals surface area contributed by atoms with Crippen molar-refractivity contribution in [2.45, 2.75) is 65.1 Å². The normalized spacial score (nSPS) is 14.4. The molecule has 0 amide bonds. The summed E-state index contributed by atoms with van der Waals surface area (Å²) in [7, 11) is 0. The van der Waals surface area contributed by atoms with Gasteiger partial charge in [0.15, 0.2) is 0 Å². The molecule has 0 aromatic carbocycles. The molecule has 120 valence electrons. The fourth-order valence-corrected chi connectivity index (χ4v) is 2.87. The third kappa shape index (κ3) is 7.50. The molecule has 0 aliphatic rings. The lowest BCUT2D eigenvalue weighted by atomic mass is 9.96. The van der Waals surface area contributed by atoms with E-state index in [-0.39, 0.29) is 17.0 Å². The molecule has 0 saturated carbocycles. The Morgan fingerprint density at radius 2 is 1.70 bits per heavy atom. The van der Waals surface area contributed by atoms with Crippen molar-refractivity contribution >= 4 is 17.7 Å². The van der Waals surface area contributed by atoms with E-state index in [4.69, 9.17) is 10.5 Å². The van der Waals surface area contributed by atoms with Crippen LogP contribution < -0.4 is 5.73 Å². The zero-order chi connectivity index (χ0) is 16.0. The molecule has 0 spiro atoms. The number of esters is 1. The molecule has 0 rings (SSSR count). The second-order valence-electron chi connectivity index (χ2n) is 7.05. The topological polar surface area (TPSA) is 55.6 Å². The van der Waals surface area contributed by atoms with E-state index >= 15 is 0 Å². The van der Waals surface area contributed by atoms with E-state index in [1.165, 1.54) is 0 Å². The Bertz CT molecular complexity index is 281. The predicted octanol–water partition coefficient (Wildman–Crippen LogP) is 2.51. The van der Waals surface area contributed by atoms with Gasteiger partial charge in [0, 0.05) is 17.6 Å². The Kier molecular flexibility index (Phi) is 8.14. The van der Waals surface area contributed by atoms with Gasteiger partial charge in [-0.05, 0) is 60.0 Å². The summed E-state index contributed by atoms with van der Waals surface area (Å²) in [4.78, 5) is 14.1. The molecule has 0 fully saturated rings. The lowest BCUT2D eigenvalue weighted by molar-refractivity contribution is -0.146. The van der Waals surface area contributed by atoms with Crippen molar-refractivity contribution in [1.29, 1.82) is 0 Å². The lowest BCUT2D eigenvalue weighted by Gasteiger charge is -2.45. The summed E-state index contributed by atoms with van der Waals surface area (Å²) in [6.07, 6.45) is 2.67. The van der Waals surface area contributed by atoms with Gasteiger partial charge in [0.2, 0.25) is 0 Å². The van der Waals surface area contributed by atoms with Crippen molar-refractivity contribution in [3.05, 3.63) is 0 Å². The van der Waals surface area contributed by atoms with Crippen LogP contribution in [-0.4, -0.2) is 53.1 Å². The summed E-state index contributed by atoms with van der Waals surface area (Å²) < 4.78 is 5.31. The smallest absolute Gasteiger partial charge is 0.322 e. The van der Waals surface area contributed by atoms with Gasteiger partial charge in [-0.15, -0.1) is 0 Å². The minimum Gasteiger partial charge on any atom is -0.463 e. The van der Waals surface area contributed by atoms with Crippen molar-refractivity contribution in [2.24, 2.45) is 5.73 Å². The molecule has 4 nitrogen and oxygen atoms in total. The van der Waals surface area contributed by atoms with Gasteiger partial charge in [-0.1, -0.05) is 0 Å². The first-order valence-electron chi connectivity index (χ1n) is 7.19. The van der Waals surface area contributed by atoms with Crippen LogP contribution in [0.1, 0.15) is 48.0 Å². The third-order valence-electron chi connectivity index (χ3n) is 3.11. The van der Waals surface area contributed by atoms with E-state index in [9.17, 15) is 4.79 Å². The molecule has 0 saturated heterocycles. The van der Waals surface area contributed by atoms with Crippen LogP contribution in [0.4, 0.5) is 0 Å². The van der Waals surface area contributed by atoms with Crippen molar-refractivity contribution < 1.29 is 9.53 Å². The van der Waals surface area contributed by atoms with Crippen molar-refractivity contribution in [3.8, 4) is 0 Å². The van der Waals surface area contributed by atoms with Crippen molar-refractivity contribution in [1.82, 2.24) is 4.90 Å². The molecule has 2 N–H and O–H groups in total. The number of ether oxygens (including phenoxy) is 1. The van der Waals surface area contributed by atoms with E-state index in [1.54, 1.807) is 11.8 Å². The van der Waals surface area contributed by atoms with Crippen LogP contribution in [-0.2, 0) is 9.53 Å². The third-order valence-corrected chi connectivity index (χ3v) is 3.76. The van der Waals surface area contributed by atoms with Crippen LogP contribution in [0.25, 0.3) is 0 Å². The SMILES string of the molecule is CSCCC(N)C(=O)OCCN(C(C)(C)C)C(C)(C)C. The van der Waals surface area contributed by atoms with Crippen molar-refractivity contribution in [3.63, 3.8) is 0 Å². The van der Waals surface area contributed by atoms with Crippen LogP contribution >= 0.6 is 11.8 Å². The minimum absolute atomic E-state index is 0.0334. The number of hydrogen-bond donors (Lipinski definition) is 1. The quantitative estimate of drug-likeness (QED) is 0.732. The highest BCUT2D eigenvalue weighted by Crippen LogP contribution is 2.24. The van der Waals surface area contributed by atoms with Crippen LogP contribution in [0.15, 0.2) is 0 Å². The van der Waals surface area contributed by atoms with Gasteiger partial charge >= 0.3 is 5.97 Å². The molecule has 1 atom stereocenters. The van der Waals surface area contributed by atoms with Gasteiger partial charge < -0.3 is 10.5 Å². The maximum Gasteiger partial charge on any atom is 0.322 e. The van der Waals surface area contributed by atoms with Crippen LogP contribution in [0.2, 0.25) is 0 Å². The monoisotopic (exact) mass is 304 g/mol. The summed E-state index contributed by atoms with van der Waals surface area (Å²) in [5, 5.41) is 0. The highest BCUT2D eigenvalue weighted by Gasteiger charge is 2.31. The molecule has 0 aromatic rings. The Hall–Kier alpha value is -0.260. The number of nitrogens with zero attached hydrogens (tertiary/aromatic N) is 1. The number of nitrogens with two attached hydrogens (primary N) is 1. The van der Waals surface area contributed by atoms with Crippen LogP contribution in [0, 0.1) is 0 Å². The standard InChI is InChI=1S/C15H32N2O2S/c1-14(2,3)17(15(4,5)6)9-10-19-13(18)12(16)8-11-20-7/h12H,8-11,16H2,1-7H3. The average molecular weight is 305 g/mol. The van der Waals surface area contributed by atoms with Gasteiger partial charge in [-0.2, -0.15) is 11.8 Å². The average Bonchev–Trinajstić information content (AvgIpc) is 2.27. The zero-order valence-corrected chi connectivity index (χ0v) is 15.0. The van der Waals surface area contributed by atoms with E-state index < -0.39 is 6.04 Å². The Morgan fingerprint density at radius 3 is 2.10 bits per heavy atom. The highest BCUT2D eigenvalue weighted by atomic mass is 32.2. The van der Waals surface area contributed by atoms with E-state index in [0.29, 0.717) is 19.6 Å². The Labute approximate surface area is 128 Å². The van der Waals surface area contributed by atoms with Gasteiger partial charge in [-0.3, -0.25) is 9.69 Å².